The molecule has 1 amide bonds. The Balaban J connectivity index is 2.38. The average Bonchev–Trinajstić information content (AvgIpc) is 2.32. The Kier molecular flexibility index (Phi) is 6.04. The van der Waals surface area contributed by atoms with Crippen molar-refractivity contribution in [3.05, 3.63) is 10.1 Å². The number of carbonyl (C=O) groups excluding carboxylic acids is 1. The van der Waals surface area contributed by atoms with Crippen LogP contribution in [0.25, 0.3) is 0 Å². The molecule has 7 heteroatoms. The monoisotopic (exact) mass is 288 g/mol. The Morgan fingerprint density at radius 3 is 2.45 bits per heavy atom. The third-order valence-corrected chi connectivity index (χ3v) is 3.37. The van der Waals surface area contributed by atoms with Crippen LogP contribution in [0.1, 0.15) is 46.5 Å². The second-order valence-corrected chi connectivity index (χ2v) is 6.21. The molecule has 0 aromatic carbocycles. The van der Waals surface area contributed by atoms with Gasteiger partial charge in [0.25, 0.3) is 5.09 Å². The van der Waals surface area contributed by atoms with Gasteiger partial charge in [-0.15, -0.1) is 10.1 Å². The van der Waals surface area contributed by atoms with Crippen molar-refractivity contribution in [2.75, 3.05) is 13.2 Å². The van der Waals surface area contributed by atoms with Crippen LogP contribution < -0.4 is 5.32 Å². The molecule has 20 heavy (non-hydrogen) atoms. The van der Waals surface area contributed by atoms with E-state index in [9.17, 15) is 14.9 Å². The van der Waals surface area contributed by atoms with Crippen molar-refractivity contribution in [3.8, 4) is 0 Å². The molecule has 0 aromatic heterocycles. The van der Waals surface area contributed by atoms with Gasteiger partial charge in [0, 0.05) is 6.54 Å². The molecule has 0 radical (unpaired) electrons. The van der Waals surface area contributed by atoms with E-state index in [1.165, 1.54) is 0 Å². The number of carbonyl (C=O) groups is 1. The zero-order valence-electron chi connectivity index (χ0n) is 12.4. The highest BCUT2D eigenvalue weighted by Gasteiger charge is 2.27. The topological polar surface area (TPSA) is 90.7 Å². The molecular weight excluding hydrogens is 264 g/mol. The SMILES string of the molecule is CC(C)(C)OC(=O)NC[C@@H]1CCCC[C@@H]1CO[N+](=O)[O-]. The molecule has 1 N–H and O–H groups in total. The van der Waals surface area contributed by atoms with Gasteiger partial charge in [0.1, 0.15) is 5.60 Å². The summed E-state index contributed by atoms with van der Waals surface area (Å²) in [5.41, 5.74) is -0.523. The molecule has 1 fully saturated rings. The number of rotatable bonds is 5. The van der Waals surface area contributed by atoms with Crippen LogP contribution in [-0.4, -0.2) is 29.9 Å². The first kappa shape index (κ1) is 16.5. The van der Waals surface area contributed by atoms with E-state index in [4.69, 9.17) is 4.74 Å². The van der Waals surface area contributed by atoms with E-state index in [1.54, 1.807) is 20.8 Å². The fourth-order valence-electron chi connectivity index (χ4n) is 2.46. The third-order valence-electron chi connectivity index (χ3n) is 3.37. The van der Waals surface area contributed by atoms with Gasteiger partial charge in [-0.3, -0.25) is 0 Å². The van der Waals surface area contributed by atoms with Crippen LogP contribution in [0.3, 0.4) is 0 Å². The maximum absolute atomic E-state index is 11.6. The summed E-state index contributed by atoms with van der Waals surface area (Å²) in [5, 5.41) is 12.2. The lowest BCUT2D eigenvalue weighted by Gasteiger charge is -2.31. The number of amides is 1. The van der Waals surface area contributed by atoms with E-state index in [0.29, 0.717) is 6.54 Å². The van der Waals surface area contributed by atoms with Crippen LogP contribution in [-0.2, 0) is 9.57 Å². The predicted octanol–water partition coefficient (Wildman–Crippen LogP) is 2.53. The van der Waals surface area contributed by atoms with E-state index in [0.717, 1.165) is 25.7 Å². The van der Waals surface area contributed by atoms with Crippen LogP contribution in [0.4, 0.5) is 4.79 Å². The lowest BCUT2D eigenvalue weighted by atomic mass is 9.79. The molecule has 1 saturated carbocycles. The summed E-state index contributed by atoms with van der Waals surface area (Å²) in [7, 11) is 0. The number of nitrogens with zero attached hydrogens (tertiary/aromatic N) is 1. The van der Waals surface area contributed by atoms with Crippen LogP contribution in [0, 0.1) is 22.0 Å². The third kappa shape index (κ3) is 6.58. The van der Waals surface area contributed by atoms with E-state index < -0.39 is 16.8 Å². The van der Waals surface area contributed by atoms with E-state index in [-0.39, 0.29) is 18.4 Å². The second-order valence-electron chi connectivity index (χ2n) is 6.21. The fourth-order valence-corrected chi connectivity index (χ4v) is 2.46. The number of alkyl carbamates (subject to hydrolysis) is 1. The highest BCUT2D eigenvalue weighted by atomic mass is 16.9. The standard InChI is InChI=1S/C13H24N2O5/c1-13(2,3)20-12(16)14-8-10-6-4-5-7-11(10)9-19-15(17)18/h10-11H,4-9H2,1-3H3,(H,14,16)/t10-,11+/m0/s1. The van der Waals surface area contributed by atoms with Gasteiger partial charge >= 0.3 is 6.09 Å². The maximum Gasteiger partial charge on any atom is 0.407 e. The van der Waals surface area contributed by atoms with Crippen molar-refractivity contribution in [2.45, 2.75) is 52.1 Å². The highest BCUT2D eigenvalue weighted by molar-refractivity contribution is 5.67. The summed E-state index contributed by atoms with van der Waals surface area (Å²) in [5.74, 6) is 0.320. The number of nitrogens with one attached hydrogen (secondary N) is 1. The first-order chi connectivity index (χ1) is 9.28. The molecule has 0 aromatic rings. The van der Waals surface area contributed by atoms with Crippen LogP contribution >= 0.6 is 0 Å². The molecule has 0 heterocycles. The van der Waals surface area contributed by atoms with Gasteiger partial charge in [0.05, 0.1) is 6.61 Å². The van der Waals surface area contributed by atoms with Gasteiger partial charge in [0.2, 0.25) is 0 Å². The van der Waals surface area contributed by atoms with Crippen molar-refractivity contribution >= 4 is 6.09 Å². The maximum atomic E-state index is 11.6. The van der Waals surface area contributed by atoms with E-state index in [1.807, 2.05) is 0 Å². The summed E-state index contributed by atoms with van der Waals surface area (Å²) >= 11 is 0. The number of hydrogen-bond donors (Lipinski definition) is 1. The second kappa shape index (κ2) is 7.31. The van der Waals surface area contributed by atoms with Gasteiger partial charge in [-0.2, -0.15) is 0 Å². The Labute approximate surface area is 119 Å². The number of hydrogen-bond acceptors (Lipinski definition) is 5. The molecule has 0 saturated heterocycles. The minimum Gasteiger partial charge on any atom is -0.444 e. The van der Waals surface area contributed by atoms with Gasteiger partial charge < -0.3 is 14.9 Å². The van der Waals surface area contributed by atoms with Crippen molar-refractivity contribution in [3.63, 3.8) is 0 Å². The summed E-state index contributed by atoms with van der Waals surface area (Å²) in [4.78, 5) is 26.3. The Morgan fingerprint density at radius 2 is 1.90 bits per heavy atom. The van der Waals surface area contributed by atoms with Gasteiger partial charge in [-0.1, -0.05) is 12.8 Å². The van der Waals surface area contributed by atoms with Crippen molar-refractivity contribution < 1.29 is 19.5 Å². The molecule has 0 unspecified atom stereocenters. The largest absolute Gasteiger partial charge is 0.444 e. The first-order valence-corrected chi connectivity index (χ1v) is 7.02. The zero-order chi connectivity index (χ0) is 15.2. The number of ether oxygens (including phenoxy) is 1. The average molecular weight is 288 g/mol. The summed E-state index contributed by atoms with van der Waals surface area (Å²) in [6.45, 7) is 6.00. The van der Waals surface area contributed by atoms with Crippen LogP contribution in [0.5, 0.6) is 0 Å². The van der Waals surface area contributed by atoms with Crippen LogP contribution in [0.2, 0.25) is 0 Å². The summed E-state index contributed by atoms with van der Waals surface area (Å²) < 4.78 is 5.17. The lowest BCUT2D eigenvalue weighted by molar-refractivity contribution is -0.759. The Morgan fingerprint density at radius 1 is 1.30 bits per heavy atom. The first-order valence-electron chi connectivity index (χ1n) is 7.02. The molecule has 7 nitrogen and oxygen atoms in total. The quantitative estimate of drug-likeness (QED) is 0.620. The highest BCUT2D eigenvalue weighted by Crippen LogP contribution is 2.29. The molecule has 0 aliphatic heterocycles. The molecular formula is C13H24N2O5. The molecule has 0 bridgehead atoms. The molecule has 1 rings (SSSR count). The van der Waals surface area contributed by atoms with Crippen molar-refractivity contribution in [1.29, 1.82) is 0 Å². The fraction of sp³-hybridized carbons (Fsp3) is 0.923. The van der Waals surface area contributed by atoms with Crippen molar-refractivity contribution in [1.82, 2.24) is 5.32 Å². The van der Waals surface area contributed by atoms with Gasteiger partial charge in [-0.05, 0) is 45.4 Å². The molecule has 2 atom stereocenters. The van der Waals surface area contributed by atoms with Gasteiger partial charge in [0.15, 0.2) is 0 Å². The molecule has 0 spiro atoms. The predicted molar refractivity (Wildman–Crippen MR) is 72.6 cm³/mol. The summed E-state index contributed by atoms with van der Waals surface area (Å²) in [6.07, 6.45) is 3.53. The zero-order valence-corrected chi connectivity index (χ0v) is 12.4. The summed E-state index contributed by atoms with van der Waals surface area (Å²) in [6, 6.07) is 0. The smallest absolute Gasteiger partial charge is 0.407 e. The Bertz CT molecular complexity index is 340. The van der Waals surface area contributed by atoms with Crippen molar-refractivity contribution in [2.24, 2.45) is 11.8 Å². The van der Waals surface area contributed by atoms with E-state index >= 15 is 0 Å². The molecule has 1 aliphatic carbocycles. The van der Waals surface area contributed by atoms with E-state index in [2.05, 4.69) is 10.2 Å². The molecule has 1 aliphatic rings. The minimum atomic E-state index is -0.757. The molecule has 116 valence electrons. The minimum absolute atomic E-state index is 0.105. The van der Waals surface area contributed by atoms with Gasteiger partial charge in [-0.25, -0.2) is 4.79 Å². The normalized spacial score (nSPS) is 22.9. The van der Waals surface area contributed by atoms with Crippen LogP contribution in [0.15, 0.2) is 0 Å². The Hall–Kier alpha value is -1.53. The lowest BCUT2D eigenvalue weighted by Crippen LogP contribution is -2.39.